The van der Waals surface area contributed by atoms with Gasteiger partial charge in [-0.2, -0.15) is 0 Å². The number of benzene rings is 2. The number of rotatable bonds is 3. The Morgan fingerprint density at radius 2 is 1.85 bits per heavy atom. The standard InChI is InChI=1S/C16H13NO3/c18-13-6-3-4-11(8-13)10-17-14-7-2-1-5-12(14)9-15(17)16(19)20/h1-9,18H,10H2,(H,19,20). The molecule has 0 saturated heterocycles. The summed E-state index contributed by atoms with van der Waals surface area (Å²) >= 11 is 0. The van der Waals surface area contributed by atoms with E-state index in [-0.39, 0.29) is 11.4 Å². The van der Waals surface area contributed by atoms with Crippen LogP contribution in [-0.2, 0) is 6.54 Å². The number of para-hydroxylation sites is 1. The minimum atomic E-state index is -0.957. The summed E-state index contributed by atoms with van der Waals surface area (Å²) in [5.74, 6) is -0.780. The second-order valence-electron chi connectivity index (χ2n) is 4.65. The number of carboxylic acids is 1. The molecule has 4 heteroatoms. The Bertz CT molecular complexity index is 789. The summed E-state index contributed by atoms with van der Waals surface area (Å²) < 4.78 is 1.74. The van der Waals surface area contributed by atoms with E-state index in [2.05, 4.69) is 0 Å². The summed E-state index contributed by atoms with van der Waals surface area (Å²) in [7, 11) is 0. The maximum Gasteiger partial charge on any atom is 0.352 e. The first-order valence-corrected chi connectivity index (χ1v) is 6.24. The van der Waals surface area contributed by atoms with Gasteiger partial charge in [-0.15, -0.1) is 0 Å². The third-order valence-electron chi connectivity index (χ3n) is 3.28. The average molecular weight is 267 g/mol. The smallest absolute Gasteiger partial charge is 0.352 e. The van der Waals surface area contributed by atoms with Gasteiger partial charge in [-0.3, -0.25) is 0 Å². The lowest BCUT2D eigenvalue weighted by Crippen LogP contribution is -2.09. The van der Waals surface area contributed by atoms with Crippen molar-refractivity contribution < 1.29 is 15.0 Å². The number of aromatic hydroxyl groups is 1. The quantitative estimate of drug-likeness (QED) is 0.766. The van der Waals surface area contributed by atoms with Crippen LogP contribution in [0.2, 0.25) is 0 Å². The average Bonchev–Trinajstić information content (AvgIpc) is 2.78. The number of aromatic carboxylic acids is 1. The van der Waals surface area contributed by atoms with E-state index in [0.29, 0.717) is 6.54 Å². The largest absolute Gasteiger partial charge is 0.508 e. The van der Waals surface area contributed by atoms with Crippen LogP contribution in [0.25, 0.3) is 10.9 Å². The molecule has 0 aliphatic carbocycles. The molecule has 4 nitrogen and oxygen atoms in total. The number of nitrogens with zero attached hydrogens (tertiary/aromatic N) is 1. The number of hydrogen-bond donors (Lipinski definition) is 2. The molecule has 2 aromatic carbocycles. The lowest BCUT2D eigenvalue weighted by molar-refractivity contribution is 0.0686. The lowest BCUT2D eigenvalue weighted by Gasteiger charge is -2.09. The molecule has 1 aromatic heterocycles. The molecule has 100 valence electrons. The Hall–Kier alpha value is -2.75. The molecule has 0 fully saturated rings. The van der Waals surface area contributed by atoms with Gasteiger partial charge in [0.15, 0.2) is 0 Å². The molecular weight excluding hydrogens is 254 g/mol. The second kappa shape index (κ2) is 4.74. The fraction of sp³-hybridized carbons (Fsp3) is 0.0625. The molecule has 0 saturated carbocycles. The molecule has 0 aliphatic heterocycles. The van der Waals surface area contributed by atoms with Crippen LogP contribution in [0.4, 0.5) is 0 Å². The third kappa shape index (κ3) is 2.12. The van der Waals surface area contributed by atoms with Gasteiger partial charge < -0.3 is 14.8 Å². The van der Waals surface area contributed by atoms with Crippen LogP contribution in [0, 0.1) is 0 Å². The van der Waals surface area contributed by atoms with E-state index in [9.17, 15) is 15.0 Å². The molecule has 0 amide bonds. The van der Waals surface area contributed by atoms with E-state index in [0.717, 1.165) is 16.5 Å². The first kappa shape index (κ1) is 12.3. The molecule has 20 heavy (non-hydrogen) atoms. The van der Waals surface area contributed by atoms with Gasteiger partial charge in [-0.25, -0.2) is 4.79 Å². The Labute approximate surface area is 115 Å². The lowest BCUT2D eigenvalue weighted by atomic mass is 10.2. The molecule has 0 aliphatic rings. The van der Waals surface area contributed by atoms with Crippen molar-refractivity contribution in [2.75, 3.05) is 0 Å². The van der Waals surface area contributed by atoms with Crippen molar-refractivity contribution in [1.82, 2.24) is 4.57 Å². The molecule has 2 N–H and O–H groups in total. The second-order valence-corrected chi connectivity index (χ2v) is 4.65. The van der Waals surface area contributed by atoms with Crippen LogP contribution in [0.15, 0.2) is 54.6 Å². The zero-order chi connectivity index (χ0) is 14.1. The normalized spacial score (nSPS) is 10.8. The number of carbonyl (C=O) groups is 1. The molecule has 1 heterocycles. The fourth-order valence-corrected chi connectivity index (χ4v) is 2.40. The Morgan fingerprint density at radius 1 is 1.05 bits per heavy atom. The van der Waals surface area contributed by atoms with Crippen molar-refractivity contribution in [3.8, 4) is 5.75 Å². The molecule has 0 spiro atoms. The number of phenolic OH excluding ortho intramolecular Hbond substituents is 1. The number of fused-ring (bicyclic) bond motifs is 1. The number of aromatic nitrogens is 1. The molecule has 3 rings (SSSR count). The predicted molar refractivity (Wildman–Crippen MR) is 76.1 cm³/mol. The van der Waals surface area contributed by atoms with E-state index in [1.165, 1.54) is 0 Å². The van der Waals surface area contributed by atoms with Crippen LogP contribution < -0.4 is 0 Å². The van der Waals surface area contributed by atoms with E-state index < -0.39 is 5.97 Å². The van der Waals surface area contributed by atoms with Crippen LogP contribution in [0.1, 0.15) is 16.1 Å². The molecule has 0 bridgehead atoms. The van der Waals surface area contributed by atoms with Crippen LogP contribution in [0.5, 0.6) is 5.75 Å². The van der Waals surface area contributed by atoms with Crippen LogP contribution in [0.3, 0.4) is 0 Å². The Kier molecular flexibility index (Phi) is 2.91. The van der Waals surface area contributed by atoms with Crippen molar-refractivity contribution in [3.63, 3.8) is 0 Å². The third-order valence-corrected chi connectivity index (χ3v) is 3.28. The van der Waals surface area contributed by atoms with E-state index >= 15 is 0 Å². The monoisotopic (exact) mass is 267 g/mol. The number of carboxylic acid groups (broad SMARTS) is 1. The summed E-state index contributed by atoms with van der Waals surface area (Å²) in [5.41, 5.74) is 1.97. The van der Waals surface area contributed by atoms with E-state index in [1.807, 2.05) is 30.3 Å². The van der Waals surface area contributed by atoms with Crippen molar-refractivity contribution in [2.24, 2.45) is 0 Å². The molecule has 0 radical (unpaired) electrons. The van der Waals surface area contributed by atoms with Gasteiger partial charge in [0.05, 0.1) is 0 Å². The summed E-state index contributed by atoms with van der Waals surface area (Å²) in [5, 5.41) is 19.7. The topological polar surface area (TPSA) is 62.5 Å². The van der Waals surface area contributed by atoms with Crippen molar-refractivity contribution in [1.29, 1.82) is 0 Å². The minimum absolute atomic E-state index is 0.177. The molecule has 0 atom stereocenters. The summed E-state index contributed by atoms with van der Waals surface area (Å²) in [4.78, 5) is 11.4. The van der Waals surface area contributed by atoms with Crippen molar-refractivity contribution >= 4 is 16.9 Å². The number of hydrogen-bond acceptors (Lipinski definition) is 2. The van der Waals surface area contributed by atoms with Crippen LogP contribution in [-0.4, -0.2) is 20.7 Å². The zero-order valence-corrected chi connectivity index (χ0v) is 10.7. The highest BCUT2D eigenvalue weighted by Gasteiger charge is 2.14. The molecule has 0 unspecified atom stereocenters. The van der Waals surface area contributed by atoms with Gasteiger partial charge in [-0.1, -0.05) is 30.3 Å². The Balaban J connectivity index is 2.14. The van der Waals surface area contributed by atoms with Crippen molar-refractivity contribution in [3.05, 3.63) is 65.9 Å². The van der Waals surface area contributed by atoms with Gasteiger partial charge in [0.1, 0.15) is 11.4 Å². The van der Waals surface area contributed by atoms with Crippen LogP contribution >= 0.6 is 0 Å². The Morgan fingerprint density at radius 3 is 2.60 bits per heavy atom. The van der Waals surface area contributed by atoms with Gasteiger partial charge in [-0.05, 0) is 29.8 Å². The maximum atomic E-state index is 11.4. The number of phenols is 1. The predicted octanol–water partition coefficient (Wildman–Crippen LogP) is 3.09. The van der Waals surface area contributed by atoms with Gasteiger partial charge in [0, 0.05) is 17.4 Å². The van der Waals surface area contributed by atoms with Gasteiger partial charge >= 0.3 is 5.97 Å². The highest BCUT2D eigenvalue weighted by atomic mass is 16.4. The first-order chi connectivity index (χ1) is 9.65. The minimum Gasteiger partial charge on any atom is -0.508 e. The van der Waals surface area contributed by atoms with E-state index in [1.54, 1.807) is 28.8 Å². The molecular formula is C16H13NO3. The fourth-order valence-electron chi connectivity index (χ4n) is 2.40. The summed E-state index contributed by atoms with van der Waals surface area (Å²) in [6.45, 7) is 0.406. The highest BCUT2D eigenvalue weighted by Crippen LogP contribution is 2.22. The SMILES string of the molecule is O=C(O)c1cc2ccccc2n1Cc1cccc(O)c1. The highest BCUT2D eigenvalue weighted by molar-refractivity contribution is 5.94. The van der Waals surface area contributed by atoms with Gasteiger partial charge in [0.25, 0.3) is 0 Å². The summed E-state index contributed by atoms with van der Waals surface area (Å²) in [6.07, 6.45) is 0. The van der Waals surface area contributed by atoms with Gasteiger partial charge in [0.2, 0.25) is 0 Å². The molecule has 3 aromatic rings. The van der Waals surface area contributed by atoms with Crippen molar-refractivity contribution in [2.45, 2.75) is 6.54 Å². The first-order valence-electron chi connectivity index (χ1n) is 6.24. The zero-order valence-electron chi connectivity index (χ0n) is 10.7. The maximum absolute atomic E-state index is 11.4. The summed E-state index contributed by atoms with van der Waals surface area (Å²) in [6, 6.07) is 16.1. The van der Waals surface area contributed by atoms with E-state index in [4.69, 9.17) is 0 Å².